The van der Waals surface area contributed by atoms with Crippen molar-refractivity contribution < 1.29 is 43.7 Å². The smallest absolute Gasteiger partial charge is 0.465 e. The van der Waals surface area contributed by atoms with Crippen LogP contribution in [0.5, 0.6) is 0 Å². The zero-order valence-corrected chi connectivity index (χ0v) is 11.8. The number of aliphatic imine (C=N–C) groups is 2. The summed E-state index contributed by atoms with van der Waals surface area (Å²) in [7, 11) is -5.02. The highest BCUT2D eigenvalue weighted by Crippen LogP contribution is 2.44. The van der Waals surface area contributed by atoms with Crippen LogP contribution in [-0.2, 0) is 13.8 Å². The Hall–Kier alpha value is -1.40. The summed E-state index contributed by atoms with van der Waals surface area (Å²) in [6.07, 6.45) is -5.42. The van der Waals surface area contributed by atoms with Gasteiger partial charge in [0.2, 0.25) is 5.66 Å². The summed E-state index contributed by atoms with van der Waals surface area (Å²) < 4.78 is 20.8. The van der Waals surface area contributed by atoms with Crippen LogP contribution in [-0.4, -0.2) is 80.4 Å². The van der Waals surface area contributed by atoms with Gasteiger partial charge in [-0.1, -0.05) is 0 Å². The number of ether oxygens (including phenoxy) is 1. The van der Waals surface area contributed by atoms with Crippen molar-refractivity contribution in [2.24, 2.45) is 9.98 Å². The standard InChI is InChI=1S/C9H14N3O9P/c13-1-4-5(14)6(21-22(17,18)19)7(20-4)9(12-8(15)16)2-10-3-11-9/h2-7,12-14H,1H2,(H,15,16)(H2,17,18,19)/t4-,5-,6-,7?,9?/m1/s1. The van der Waals surface area contributed by atoms with Gasteiger partial charge in [0.25, 0.3) is 0 Å². The van der Waals surface area contributed by atoms with E-state index < -0.39 is 50.6 Å². The van der Waals surface area contributed by atoms with Crippen molar-refractivity contribution in [1.29, 1.82) is 0 Å². The highest BCUT2D eigenvalue weighted by Gasteiger charge is 2.57. The Morgan fingerprint density at radius 2 is 2.18 bits per heavy atom. The van der Waals surface area contributed by atoms with Crippen LogP contribution in [0.25, 0.3) is 0 Å². The van der Waals surface area contributed by atoms with Crippen LogP contribution in [0, 0.1) is 0 Å². The Kier molecular flexibility index (Phi) is 4.63. The van der Waals surface area contributed by atoms with Gasteiger partial charge < -0.3 is 29.8 Å². The first-order valence-corrected chi connectivity index (χ1v) is 7.49. The lowest BCUT2D eigenvalue weighted by molar-refractivity contribution is -0.0406. The van der Waals surface area contributed by atoms with Gasteiger partial charge in [-0.15, -0.1) is 0 Å². The number of hydrogen-bond acceptors (Lipinski definition) is 8. The first kappa shape index (κ1) is 17.0. The number of amides is 1. The van der Waals surface area contributed by atoms with Crippen molar-refractivity contribution in [3.05, 3.63) is 0 Å². The van der Waals surface area contributed by atoms with Crippen LogP contribution in [0.15, 0.2) is 9.98 Å². The van der Waals surface area contributed by atoms with Crippen molar-refractivity contribution in [2.75, 3.05) is 6.61 Å². The second-order valence-corrected chi connectivity index (χ2v) is 5.80. The predicted octanol–water partition coefficient (Wildman–Crippen LogP) is -2.34. The molecular weight excluding hydrogens is 325 g/mol. The Bertz CT molecular complexity index is 534. The first-order chi connectivity index (χ1) is 10.2. The van der Waals surface area contributed by atoms with E-state index in [9.17, 15) is 14.5 Å². The third-order valence-corrected chi connectivity index (χ3v) is 3.64. The molecule has 2 heterocycles. The molecule has 124 valence electrons. The molecule has 1 fully saturated rings. The molecule has 6 N–H and O–H groups in total. The fourth-order valence-corrected chi connectivity index (χ4v) is 2.83. The quantitative estimate of drug-likeness (QED) is 0.298. The molecule has 2 rings (SSSR count). The van der Waals surface area contributed by atoms with Gasteiger partial charge in [-0.2, -0.15) is 0 Å². The second-order valence-electron chi connectivity index (χ2n) is 4.61. The molecule has 0 aromatic heterocycles. The predicted molar refractivity (Wildman–Crippen MR) is 69.5 cm³/mol. The van der Waals surface area contributed by atoms with Gasteiger partial charge in [-0.3, -0.25) is 9.84 Å². The lowest BCUT2D eigenvalue weighted by Crippen LogP contribution is -2.59. The maximum Gasteiger partial charge on any atom is 0.470 e. The Morgan fingerprint density at radius 1 is 1.50 bits per heavy atom. The van der Waals surface area contributed by atoms with E-state index >= 15 is 0 Å². The van der Waals surface area contributed by atoms with E-state index in [1.807, 2.05) is 5.32 Å². The highest BCUT2D eigenvalue weighted by atomic mass is 31.2. The van der Waals surface area contributed by atoms with Crippen LogP contribution >= 0.6 is 7.82 Å². The van der Waals surface area contributed by atoms with Gasteiger partial charge >= 0.3 is 13.9 Å². The van der Waals surface area contributed by atoms with Crippen molar-refractivity contribution >= 4 is 26.5 Å². The lowest BCUT2D eigenvalue weighted by atomic mass is 9.98. The van der Waals surface area contributed by atoms with Gasteiger partial charge in [0, 0.05) is 0 Å². The number of carbonyl (C=O) groups is 1. The molecule has 1 amide bonds. The van der Waals surface area contributed by atoms with Crippen molar-refractivity contribution in [3.8, 4) is 0 Å². The highest BCUT2D eigenvalue weighted by molar-refractivity contribution is 7.46. The van der Waals surface area contributed by atoms with E-state index in [0.717, 1.165) is 12.6 Å². The number of aliphatic hydroxyl groups is 2. The molecule has 2 aliphatic rings. The summed E-state index contributed by atoms with van der Waals surface area (Å²) in [6.45, 7) is -0.678. The summed E-state index contributed by atoms with van der Waals surface area (Å²) in [5.41, 5.74) is -1.84. The fourth-order valence-electron chi connectivity index (χ4n) is 2.28. The van der Waals surface area contributed by atoms with Crippen molar-refractivity contribution in [1.82, 2.24) is 5.32 Å². The number of carboxylic acid groups (broad SMARTS) is 1. The SMILES string of the molecule is O=C(O)NC1(C2O[C@H](CO)[C@@H](O)[C@H]2OP(=O)(O)O)C=NC=N1. The second kappa shape index (κ2) is 6.01. The molecule has 2 unspecified atom stereocenters. The van der Waals surface area contributed by atoms with Gasteiger partial charge in [0.15, 0.2) is 0 Å². The Morgan fingerprint density at radius 3 is 2.64 bits per heavy atom. The minimum atomic E-state index is -5.02. The molecule has 0 bridgehead atoms. The van der Waals surface area contributed by atoms with Crippen LogP contribution in [0.1, 0.15) is 0 Å². The Labute approximate surface area is 123 Å². The molecule has 0 aromatic carbocycles. The van der Waals surface area contributed by atoms with E-state index in [4.69, 9.17) is 24.7 Å². The summed E-state index contributed by atoms with van der Waals surface area (Å²) in [5.74, 6) is 0. The number of aliphatic hydroxyl groups excluding tert-OH is 2. The number of nitrogens with zero attached hydrogens (tertiary/aromatic N) is 2. The first-order valence-electron chi connectivity index (χ1n) is 5.96. The summed E-state index contributed by atoms with van der Waals surface area (Å²) >= 11 is 0. The molecule has 5 atom stereocenters. The van der Waals surface area contributed by atoms with Gasteiger partial charge in [-0.05, 0) is 0 Å². The molecule has 0 radical (unpaired) electrons. The molecule has 12 nitrogen and oxygen atoms in total. The van der Waals surface area contributed by atoms with Crippen LogP contribution in [0.2, 0.25) is 0 Å². The molecule has 1 saturated heterocycles. The summed E-state index contributed by atoms with van der Waals surface area (Å²) in [6, 6.07) is 0. The van der Waals surface area contributed by atoms with Crippen molar-refractivity contribution in [2.45, 2.75) is 30.1 Å². The zero-order chi connectivity index (χ0) is 16.5. The molecule has 2 aliphatic heterocycles. The number of nitrogens with one attached hydrogen (secondary N) is 1. The van der Waals surface area contributed by atoms with E-state index in [0.29, 0.717) is 0 Å². The van der Waals surface area contributed by atoms with Crippen LogP contribution in [0.3, 0.4) is 0 Å². The summed E-state index contributed by atoms with van der Waals surface area (Å²) in [4.78, 5) is 36.2. The number of phosphoric ester groups is 1. The minimum absolute atomic E-state index is 0.678. The normalized spacial score (nSPS) is 37.6. The molecule has 0 aromatic rings. The summed E-state index contributed by atoms with van der Waals surface area (Å²) in [5, 5.41) is 30.0. The monoisotopic (exact) mass is 339 g/mol. The maximum absolute atomic E-state index is 11.0. The number of hydrogen-bond donors (Lipinski definition) is 6. The van der Waals surface area contributed by atoms with Gasteiger partial charge in [0.05, 0.1) is 12.8 Å². The molecule has 13 heteroatoms. The Balaban J connectivity index is 2.36. The molecule has 22 heavy (non-hydrogen) atoms. The largest absolute Gasteiger partial charge is 0.470 e. The number of phosphoric acid groups is 1. The maximum atomic E-state index is 11.0. The third-order valence-electron chi connectivity index (χ3n) is 3.13. The topological polar surface area (TPSA) is 190 Å². The fraction of sp³-hybridized carbons (Fsp3) is 0.667. The third kappa shape index (κ3) is 3.33. The molecule has 0 aliphatic carbocycles. The van der Waals surface area contributed by atoms with E-state index in [1.54, 1.807) is 0 Å². The minimum Gasteiger partial charge on any atom is -0.465 e. The van der Waals surface area contributed by atoms with Gasteiger partial charge in [-0.25, -0.2) is 19.3 Å². The van der Waals surface area contributed by atoms with Crippen molar-refractivity contribution in [3.63, 3.8) is 0 Å². The molecular formula is C9H14N3O9P. The van der Waals surface area contributed by atoms with E-state index in [2.05, 4.69) is 14.5 Å². The van der Waals surface area contributed by atoms with Gasteiger partial charge in [0.1, 0.15) is 30.8 Å². The molecule has 0 saturated carbocycles. The van der Waals surface area contributed by atoms with E-state index in [-0.39, 0.29) is 0 Å². The van der Waals surface area contributed by atoms with Crippen LogP contribution in [0.4, 0.5) is 4.79 Å². The molecule has 0 spiro atoms. The number of rotatable bonds is 5. The zero-order valence-electron chi connectivity index (χ0n) is 10.9. The average molecular weight is 339 g/mol. The average Bonchev–Trinajstić information content (AvgIpc) is 2.95. The van der Waals surface area contributed by atoms with E-state index in [1.165, 1.54) is 0 Å². The lowest BCUT2D eigenvalue weighted by Gasteiger charge is -2.32. The van der Waals surface area contributed by atoms with Crippen LogP contribution < -0.4 is 5.32 Å².